The number of β-lactam (4-membered cyclic amide) rings is 1. The molecule has 2 aromatic rings. The molecular weight excluding hydrogens is 488 g/mol. The van der Waals surface area contributed by atoms with Crippen molar-refractivity contribution < 1.29 is 28.9 Å². The Kier molecular flexibility index (Phi) is 6.41. The Labute approximate surface area is 200 Å². The zero-order valence-corrected chi connectivity index (χ0v) is 20.3. The lowest BCUT2D eigenvalue weighted by molar-refractivity contribution is -0.690. The second-order valence-corrected chi connectivity index (χ2v) is 10.4. The average molecular weight is 510 g/mol. The molecule has 14 heteroatoms. The highest BCUT2D eigenvalue weighted by atomic mass is 32.2. The highest BCUT2D eigenvalue weighted by Crippen LogP contribution is 2.40. The molecule has 0 aromatic carbocycles. The summed E-state index contributed by atoms with van der Waals surface area (Å²) in [6, 6.07) is -0.894. The molecule has 0 unspecified atom stereocenters. The van der Waals surface area contributed by atoms with Crippen molar-refractivity contribution in [1.82, 2.24) is 15.2 Å². The van der Waals surface area contributed by atoms with Gasteiger partial charge in [0.25, 0.3) is 11.8 Å². The molecule has 4 N–H and O–H groups in total. The molecule has 33 heavy (non-hydrogen) atoms. The number of fused-ring (bicyclic) bond motifs is 1. The van der Waals surface area contributed by atoms with Crippen LogP contribution in [0.5, 0.6) is 0 Å². The number of aliphatic carboxylic acids is 1. The van der Waals surface area contributed by atoms with Crippen LogP contribution in [-0.2, 0) is 25.8 Å². The molecule has 1 fully saturated rings. The van der Waals surface area contributed by atoms with Crippen molar-refractivity contribution in [1.29, 1.82) is 0 Å². The van der Waals surface area contributed by atoms with Crippen LogP contribution < -0.4 is 15.6 Å². The first-order chi connectivity index (χ1) is 15.7. The number of thiazole rings is 2. The predicted molar refractivity (Wildman–Crippen MR) is 124 cm³/mol. The number of nitrogen functional groups attached to an aromatic ring is 1. The van der Waals surface area contributed by atoms with E-state index in [2.05, 4.69) is 15.5 Å². The third kappa shape index (κ3) is 4.20. The van der Waals surface area contributed by atoms with Crippen molar-refractivity contribution in [2.45, 2.75) is 31.8 Å². The minimum atomic E-state index is -1.17. The number of nitrogens with one attached hydrogen (secondary N) is 1. The first-order valence-corrected chi connectivity index (χ1v) is 12.5. The van der Waals surface area contributed by atoms with Crippen LogP contribution in [0.25, 0.3) is 0 Å². The normalized spacial score (nSPS) is 20.4. The Hall–Kier alpha value is -2.97. The summed E-state index contributed by atoms with van der Waals surface area (Å²) in [5, 5.41) is 17.5. The van der Waals surface area contributed by atoms with Crippen LogP contribution in [0, 0.1) is 13.8 Å². The van der Waals surface area contributed by atoms with Crippen molar-refractivity contribution in [3.8, 4) is 0 Å². The van der Waals surface area contributed by atoms with E-state index in [-0.39, 0.29) is 22.2 Å². The number of carboxylic acids is 1. The van der Waals surface area contributed by atoms with Gasteiger partial charge in [-0.25, -0.2) is 9.78 Å². The van der Waals surface area contributed by atoms with Crippen LogP contribution in [0.2, 0.25) is 0 Å². The van der Waals surface area contributed by atoms with Gasteiger partial charge in [0.2, 0.25) is 5.51 Å². The topological polar surface area (TPSA) is 151 Å². The van der Waals surface area contributed by atoms with Gasteiger partial charge in [-0.3, -0.25) is 14.5 Å². The number of aromatic nitrogens is 2. The molecule has 4 heterocycles. The molecule has 2 aliphatic heterocycles. The zero-order valence-electron chi connectivity index (χ0n) is 17.9. The van der Waals surface area contributed by atoms with Gasteiger partial charge in [0.15, 0.2) is 23.1 Å². The summed E-state index contributed by atoms with van der Waals surface area (Å²) in [4.78, 5) is 49.0. The number of carboxylic acid groups (broad SMARTS) is 1. The van der Waals surface area contributed by atoms with E-state index in [1.54, 1.807) is 16.7 Å². The van der Waals surface area contributed by atoms with E-state index in [4.69, 9.17) is 10.6 Å². The number of aryl methyl sites for hydroxylation is 1. The summed E-state index contributed by atoms with van der Waals surface area (Å²) in [5.41, 5.74) is 9.36. The summed E-state index contributed by atoms with van der Waals surface area (Å²) in [6.45, 7) is 4.36. The number of anilines is 1. The third-order valence-electron chi connectivity index (χ3n) is 5.36. The van der Waals surface area contributed by atoms with E-state index in [1.165, 1.54) is 23.8 Å². The maximum absolute atomic E-state index is 12.9. The SMILES string of the molecule is CO/N=C(\C(=O)N[C@@H]1C(=O)N2C(C(=O)O)=C(C[n+]3csc(C)c3C)CS[C@H]12)c1csc(N)n1. The number of carbonyl (C=O) groups excluding carboxylic acids is 2. The number of amides is 2. The van der Waals surface area contributed by atoms with Crippen molar-refractivity contribution >= 4 is 63.1 Å². The monoisotopic (exact) mass is 509 g/mol. The number of hydrogen-bond acceptors (Lipinski definition) is 10. The molecule has 11 nitrogen and oxygen atoms in total. The highest BCUT2D eigenvalue weighted by Gasteiger charge is 2.54. The van der Waals surface area contributed by atoms with Gasteiger partial charge in [0.1, 0.15) is 29.9 Å². The van der Waals surface area contributed by atoms with Crippen molar-refractivity contribution in [2.75, 3.05) is 18.6 Å². The van der Waals surface area contributed by atoms with E-state index in [9.17, 15) is 19.5 Å². The Bertz CT molecular complexity index is 1200. The number of rotatable bonds is 7. The summed E-state index contributed by atoms with van der Waals surface area (Å²) in [5.74, 6) is -1.90. The third-order valence-corrected chi connectivity index (χ3v) is 8.38. The van der Waals surface area contributed by atoms with E-state index in [1.807, 2.05) is 23.9 Å². The molecule has 2 aliphatic rings. The van der Waals surface area contributed by atoms with Crippen LogP contribution >= 0.6 is 34.4 Å². The Morgan fingerprint density at radius 3 is 2.76 bits per heavy atom. The standard InChI is InChI=1S/C19H20N6O5S3/c1-8-9(2)33-7-24(8)4-10-5-31-17-13(16(27)25(17)14(10)18(28)29)22-15(26)12(23-30-3)11-6-32-19(20)21-11/h6-7,13,17H,4-5H2,1-3H3,(H3-,20,21,22,26,28,29)/p+1/b23-12-/t13-,17-/m1/s1. The molecule has 2 atom stereocenters. The van der Waals surface area contributed by atoms with Gasteiger partial charge in [-0.2, -0.15) is 4.57 Å². The fourth-order valence-electron chi connectivity index (χ4n) is 3.58. The van der Waals surface area contributed by atoms with E-state index in [0.29, 0.717) is 17.9 Å². The first-order valence-electron chi connectivity index (χ1n) is 9.70. The summed E-state index contributed by atoms with van der Waals surface area (Å²) >= 11 is 4.13. The molecule has 1 saturated heterocycles. The Morgan fingerprint density at radius 2 is 2.18 bits per heavy atom. The van der Waals surface area contributed by atoms with Gasteiger partial charge in [-0.1, -0.05) is 16.5 Å². The average Bonchev–Trinajstić information content (AvgIpc) is 3.35. The lowest BCUT2D eigenvalue weighted by Gasteiger charge is -2.49. The van der Waals surface area contributed by atoms with Crippen LogP contribution in [0.3, 0.4) is 0 Å². The van der Waals surface area contributed by atoms with Crippen LogP contribution in [0.4, 0.5) is 5.13 Å². The predicted octanol–water partition coefficient (Wildman–Crippen LogP) is 0.480. The van der Waals surface area contributed by atoms with Gasteiger partial charge in [-0.05, 0) is 6.92 Å². The first kappa shape index (κ1) is 23.2. The molecule has 174 valence electrons. The molecule has 0 aliphatic carbocycles. The van der Waals surface area contributed by atoms with Gasteiger partial charge in [-0.15, -0.1) is 23.1 Å². The molecule has 2 amide bonds. The van der Waals surface area contributed by atoms with E-state index >= 15 is 0 Å². The molecule has 0 spiro atoms. The lowest BCUT2D eigenvalue weighted by atomic mass is 10.0. The maximum atomic E-state index is 12.9. The van der Waals surface area contributed by atoms with Gasteiger partial charge < -0.3 is 21.0 Å². The second-order valence-electron chi connectivity index (χ2n) is 7.30. The van der Waals surface area contributed by atoms with Crippen molar-refractivity contribution in [3.05, 3.63) is 38.4 Å². The quantitative estimate of drug-likeness (QED) is 0.211. The second kappa shape index (κ2) is 9.11. The fraction of sp³-hybridized carbons (Fsp3) is 0.368. The summed E-state index contributed by atoms with van der Waals surface area (Å²) < 4.78 is 1.98. The molecule has 0 bridgehead atoms. The van der Waals surface area contributed by atoms with Gasteiger partial charge in [0, 0.05) is 23.6 Å². The van der Waals surface area contributed by atoms with Crippen molar-refractivity contribution in [2.24, 2.45) is 5.16 Å². The molecular formula is C19H21N6O5S3+. The highest BCUT2D eigenvalue weighted by molar-refractivity contribution is 8.00. The van der Waals surface area contributed by atoms with Gasteiger partial charge in [0.05, 0.1) is 4.88 Å². The van der Waals surface area contributed by atoms with Crippen LogP contribution in [0.15, 0.2) is 27.3 Å². The van der Waals surface area contributed by atoms with E-state index in [0.717, 1.165) is 21.9 Å². The number of thioether (sulfide) groups is 1. The number of nitrogens with two attached hydrogens (primary N) is 1. The lowest BCUT2D eigenvalue weighted by Crippen LogP contribution is -2.71. The molecule has 0 saturated carbocycles. The maximum Gasteiger partial charge on any atom is 0.352 e. The van der Waals surface area contributed by atoms with Crippen LogP contribution in [0.1, 0.15) is 16.3 Å². The van der Waals surface area contributed by atoms with Crippen molar-refractivity contribution in [3.63, 3.8) is 0 Å². The number of carbonyl (C=O) groups is 3. The minimum absolute atomic E-state index is 0.0249. The molecule has 2 aromatic heterocycles. The molecule has 0 radical (unpaired) electrons. The Morgan fingerprint density at radius 1 is 1.42 bits per heavy atom. The zero-order chi connectivity index (χ0) is 23.9. The minimum Gasteiger partial charge on any atom is -0.477 e. The smallest absolute Gasteiger partial charge is 0.352 e. The number of hydrogen-bond donors (Lipinski definition) is 3. The number of oxime groups is 1. The van der Waals surface area contributed by atoms with E-state index < -0.39 is 29.2 Å². The van der Waals surface area contributed by atoms with Gasteiger partial charge >= 0.3 is 5.97 Å². The fourth-order valence-corrected chi connectivity index (χ4v) is 6.27. The Balaban J connectivity index is 1.54. The summed E-state index contributed by atoms with van der Waals surface area (Å²) in [7, 11) is 1.29. The molecule has 4 rings (SSSR count). The summed E-state index contributed by atoms with van der Waals surface area (Å²) in [6.07, 6.45) is 0. The van der Waals surface area contributed by atoms with Crippen LogP contribution in [-0.4, -0.2) is 62.8 Å². The largest absolute Gasteiger partial charge is 0.477 e. The number of nitrogens with zero attached hydrogens (tertiary/aromatic N) is 4.